The lowest BCUT2D eigenvalue weighted by molar-refractivity contribution is 0.177. The normalized spacial score (nSPS) is 17.4. The highest BCUT2D eigenvalue weighted by molar-refractivity contribution is 5.89. The van der Waals surface area contributed by atoms with Crippen LogP contribution >= 0.6 is 0 Å². The highest BCUT2D eigenvalue weighted by Crippen LogP contribution is 2.26. The number of anilines is 2. The second-order valence-electron chi connectivity index (χ2n) is 7.06. The van der Waals surface area contributed by atoms with Crippen LogP contribution in [0.5, 0.6) is 0 Å². The van der Waals surface area contributed by atoms with Gasteiger partial charge in [0.1, 0.15) is 18.5 Å². The molecule has 1 saturated heterocycles. The molecule has 0 saturated carbocycles. The summed E-state index contributed by atoms with van der Waals surface area (Å²) in [5.74, 6) is 1.90. The maximum Gasteiger partial charge on any atom is 0.415 e. The van der Waals surface area contributed by atoms with Gasteiger partial charge in [-0.1, -0.05) is 19.0 Å². The molecular formula is C19H21N7O3. The summed E-state index contributed by atoms with van der Waals surface area (Å²) in [4.78, 5) is 30.9. The summed E-state index contributed by atoms with van der Waals surface area (Å²) in [6, 6.07) is 4.94. The minimum absolute atomic E-state index is 0.0688. The monoisotopic (exact) mass is 395 g/mol. The third-order valence-electron chi connectivity index (χ3n) is 4.64. The maximum atomic E-state index is 12.2. The van der Waals surface area contributed by atoms with Gasteiger partial charge in [-0.15, -0.1) is 0 Å². The Bertz CT molecular complexity index is 992. The van der Waals surface area contributed by atoms with Crippen molar-refractivity contribution < 1.29 is 14.1 Å². The van der Waals surface area contributed by atoms with Crippen LogP contribution in [0.4, 0.5) is 16.6 Å². The van der Waals surface area contributed by atoms with Crippen molar-refractivity contribution in [3.8, 4) is 11.4 Å². The summed E-state index contributed by atoms with van der Waals surface area (Å²) in [6.07, 6.45) is 4.54. The topological polar surface area (TPSA) is 119 Å². The average Bonchev–Trinajstić information content (AvgIpc) is 3.36. The summed E-state index contributed by atoms with van der Waals surface area (Å²) in [5.41, 5.74) is 0.764. The van der Waals surface area contributed by atoms with Gasteiger partial charge in [0.25, 0.3) is 0 Å². The van der Waals surface area contributed by atoms with Gasteiger partial charge < -0.3 is 14.6 Å². The molecule has 150 valence electrons. The van der Waals surface area contributed by atoms with Crippen LogP contribution in [0.1, 0.15) is 32.7 Å². The molecule has 0 aromatic carbocycles. The van der Waals surface area contributed by atoms with Gasteiger partial charge in [0.15, 0.2) is 0 Å². The van der Waals surface area contributed by atoms with Crippen molar-refractivity contribution in [2.75, 3.05) is 16.8 Å². The van der Waals surface area contributed by atoms with Crippen LogP contribution in [0, 0.1) is 5.92 Å². The lowest BCUT2D eigenvalue weighted by Crippen LogP contribution is -2.37. The molecular weight excluding hydrogens is 374 g/mol. The van der Waals surface area contributed by atoms with Crippen LogP contribution in [-0.2, 0) is 4.74 Å². The summed E-state index contributed by atoms with van der Waals surface area (Å²) in [5, 5.41) is 7.13. The molecule has 0 radical (unpaired) electrons. The van der Waals surface area contributed by atoms with Crippen LogP contribution in [-0.4, -0.2) is 43.8 Å². The Balaban J connectivity index is 1.51. The molecule has 1 fully saturated rings. The smallest absolute Gasteiger partial charge is 0.415 e. The van der Waals surface area contributed by atoms with E-state index in [9.17, 15) is 4.79 Å². The van der Waals surface area contributed by atoms with E-state index < -0.39 is 6.09 Å². The Morgan fingerprint density at radius 2 is 2.07 bits per heavy atom. The molecule has 4 rings (SSSR count). The van der Waals surface area contributed by atoms with Crippen LogP contribution in [0.15, 0.2) is 41.3 Å². The number of ether oxygens (including phenoxy) is 1. The molecule has 10 heteroatoms. The highest BCUT2D eigenvalue weighted by Gasteiger charge is 2.37. The molecule has 1 aliphatic heterocycles. The molecule has 0 bridgehead atoms. The number of nitrogens with one attached hydrogen (secondary N) is 1. The number of hydrogen-bond donors (Lipinski definition) is 1. The number of hydrogen-bond acceptors (Lipinski definition) is 9. The Hall–Kier alpha value is -3.56. The number of carbonyl (C=O) groups excluding carboxylic acids is 1. The SMILES string of the molecule is CC(Nc1nccc(N2C(=O)OCC2C(C)C)n1)c1nc(-c2cccnc2)no1. The van der Waals surface area contributed by atoms with Crippen molar-refractivity contribution in [1.29, 1.82) is 0 Å². The Morgan fingerprint density at radius 3 is 2.83 bits per heavy atom. The number of amides is 1. The molecule has 4 heterocycles. The molecule has 10 nitrogen and oxygen atoms in total. The molecule has 0 spiro atoms. The molecule has 3 aromatic heterocycles. The first-order valence-electron chi connectivity index (χ1n) is 9.32. The largest absolute Gasteiger partial charge is 0.447 e. The van der Waals surface area contributed by atoms with Crippen molar-refractivity contribution in [2.45, 2.75) is 32.9 Å². The van der Waals surface area contributed by atoms with Gasteiger partial charge in [-0.05, 0) is 31.0 Å². The quantitative estimate of drug-likeness (QED) is 0.671. The fraction of sp³-hybridized carbons (Fsp3) is 0.368. The number of aromatic nitrogens is 5. The van der Waals surface area contributed by atoms with Crippen LogP contribution in [0.3, 0.4) is 0 Å². The first kappa shape index (κ1) is 18.8. The van der Waals surface area contributed by atoms with E-state index in [1.165, 1.54) is 0 Å². The predicted molar refractivity (Wildman–Crippen MR) is 104 cm³/mol. The Morgan fingerprint density at radius 1 is 1.21 bits per heavy atom. The van der Waals surface area contributed by atoms with Gasteiger partial charge >= 0.3 is 6.09 Å². The van der Waals surface area contributed by atoms with Gasteiger partial charge in [-0.2, -0.15) is 9.97 Å². The van der Waals surface area contributed by atoms with Crippen molar-refractivity contribution in [3.63, 3.8) is 0 Å². The molecule has 1 aliphatic rings. The zero-order valence-corrected chi connectivity index (χ0v) is 16.3. The van der Waals surface area contributed by atoms with E-state index in [2.05, 4.69) is 30.4 Å². The Kier molecular flexibility index (Phi) is 5.07. The number of rotatable bonds is 6. The van der Waals surface area contributed by atoms with E-state index >= 15 is 0 Å². The Labute approximate surface area is 167 Å². The second-order valence-corrected chi connectivity index (χ2v) is 7.06. The number of carbonyl (C=O) groups is 1. The molecule has 2 unspecified atom stereocenters. The lowest BCUT2D eigenvalue weighted by atomic mass is 10.0. The lowest BCUT2D eigenvalue weighted by Gasteiger charge is -2.23. The van der Waals surface area contributed by atoms with Crippen LogP contribution in [0.25, 0.3) is 11.4 Å². The van der Waals surface area contributed by atoms with Crippen LogP contribution < -0.4 is 10.2 Å². The molecule has 1 amide bonds. The van der Waals surface area contributed by atoms with Gasteiger partial charge in [-0.25, -0.2) is 9.78 Å². The maximum absolute atomic E-state index is 12.2. The van der Waals surface area contributed by atoms with Gasteiger partial charge in [-0.3, -0.25) is 9.88 Å². The predicted octanol–water partition coefficient (Wildman–Crippen LogP) is 3.08. The molecule has 29 heavy (non-hydrogen) atoms. The molecule has 2 atom stereocenters. The minimum Gasteiger partial charge on any atom is -0.447 e. The van der Waals surface area contributed by atoms with Crippen LogP contribution in [0.2, 0.25) is 0 Å². The highest BCUT2D eigenvalue weighted by atomic mass is 16.6. The van der Waals surface area contributed by atoms with E-state index in [1.54, 1.807) is 35.6 Å². The standard InChI is InChI=1S/C19H21N7O3/c1-11(2)14-10-28-19(27)26(14)15-6-8-21-18(23-15)22-12(3)17-24-16(25-29-17)13-5-4-7-20-9-13/h4-9,11-12,14H,10H2,1-3H3,(H,21,22,23). The number of cyclic esters (lactones) is 1. The van der Waals surface area contributed by atoms with E-state index in [0.717, 1.165) is 5.56 Å². The summed E-state index contributed by atoms with van der Waals surface area (Å²) in [6.45, 7) is 6.28. The second kappa shape index (κ2) is 7.82. The first-order valence-corrected chi connectivity index (χ1v) is 9.32. The fourth-order valence-corrected chi connectivity index (χ4v) is 3.02. The zero-order chi connectivity index (χ0) is 20.4. The summed E-state index contributed by atoms with van der Waals surface area (Å²) in [7, 11) is 0. The van der Waals surface area contributed by atoms with Crippen molar-refractivity contribution >= 4 is 17.9 Å². The molecule has 0 aliphatic carbocycles. The minimum atomic E-state index is -0.403. The van der Waals surface area contributed by atoms with Crippen molar-refractivity contribution in [1.82, 2.24) is 25.1 Å². The number of pyridine rings is 1. The van der Waals surface area contributed by atoms with Crippen molar-refractivity contribution in [3.05, 3.63) is 42.7 Å². The van der Waals surface area contributed by atoms with Crippen molar-refractivity contribution in [2.24, 2.45) is 5.92 Å². The zero-order valence-electron chi connectivity index (χ0n) is 16.3. The third-order valence-corrected chi connectivity index (χ3v) is 4.64. The van der Waals surface area contributed by atoms with Gasteiger partial charge in [0.05, 0.1) is 6.04 Å². The molecule has 3 aromatic rings. The number of nitrogens with zero attached hydrogens (tertiary/aromatic N) is 6. The summed E-state index contributed by atoms with van der Waals surface area (Å²) >= 11 is 0. The molecule has 1 N–H and O–H groups in total. The van der Waals surface area contributed by atoms with E-state index in [1.807, 2.05) is 26.8 Å². The average molecular weight is 395 g/mol. The van der Waals surface area contributed by atoms with Gasteiger partial charge in [0, 0.05) is 24.2 Å². The fourth-order valence-electron chi connectivity index (χ4n) is 3.02. The summed E-state index contributed by atoms with van der Waals surface area (Å²) < 4.78 is 10.6. The van der Waals surface area contributed by atoms with Gasteiger partial charge in [0.2, 0.25) is 17.7 Å². The van der Waals surface area contributed by atoms with E-state index in [-0.39, 0.29) is 18.0 Å². The van der Waals surface area contributed by atoms with E-state index in [4.69, 9.17) is 9.26 Å². The first-order chi connectivity index (χ1) is 14.0. The van der Waals surface area contributed by atoms with E-state index in [0.29, 0.717) is 30.1 Å². The third kappa shape index (κ3) is 3.86.